The Morgan fingerprint density at radius 1 is 1.38 bits per heavy atom. The van der Waals surface area contributed by atoms with Crippen LogP contribution < -0.4 is 10.5 Å². The molecule has 0 aromatic carbocycles. The number of hydrogen-bond acceptors (Lipinski definition) is 4. The van der Waals surface area contributed by atoms with Crippen molar-refractivity contribution in [3.05, 3.63) is 45.9 Å². The van der Waals surface area contributed by atoms with Gasteiger partial charge in [0.2, 0.25) is 0 Å². The van der Waals surface area contributed by atoms with Crippen LogP contribution in [0.1, 0.15) is 21.4 Å². The maximum atomic E-state index is 6.21. The Balaban J connectivity index is 2.36. The Morgan fingerprint density at radius 3 is 2.81 bits per heavy atom. The summed E-state index contributed by atoms with van der Waals surface area (Å²) < 4.78 is 5.26. The number of hydrogen-bond donors (Lipinski definition) is 1. The van der Waals surface area contributed by atoms with Gasteiger partial charge in [0.25, 0.3) is 0 Å². The third kappa shape index (κ3) is 2.08. The topological polar surface area (TPSA) is 48.1 Å². The Bertz CT molecular complexity index is 481. The average Bonchev–Trinajstić information content (AvgIpc) is 2.75. The third-order valence-electron chi connectivity index (χ3n) is 2.44. The summed E-state index contributed by atoms with van der Waals surface area (Å²) in [4.78, 5) is 6.42. The van der Waals surface area contributed by atoms with E-state index in [9.17, 15) is 0 Å². The fourth-order valence-electron chi connectivity index (χ4n) is 1.59. The van der Waals surface area contributed by atoms with Crippen LogP contribution in [-0.2, 0) is 0 Å². The molecule has 3 nitrogen and oxygen atoms in total. The highest BCUT2D eigenvalue weighted by Crippen LogP contribution is 2.30. The highest BCUT2D eigenvalue weighted by Gasteiger charge is 2.15. The van der Waals surface area contributed by atoms with Crippen LogP contribution in [0.15, 0.2) is 30.6 Å². The fraction of sp³-hybridized carbons (Fsp3) is 0.250. The number of nitrogens with two attached hydrogens (primary N) is 1. The molecule has 0 aliphatic carbocycles. The maximum absolute atomic E-state index is 6.21. The molecule has 2 N–H and O–H groups in total. The largest absolute Gasteiger partial charge is 0.495 e. The van der Waals surface area contributed by atoms with Gasteiger partial charge in [-0.15, -0.1) is 11.3 Å². The smallest absolute Gasteiger partial charge is 0.142 e. The molecule has 0 amide bonds. The summed E-state index contributed by atoms with van der Waals surface area (Å²) in [7, 11) is 1.63. The molecule has 16 heavy (non-hydrogen) atoms. The maximum Gasteiger partial charge on any atom is 0.142 e. The van der Waals surface area contributed by atoms with Crippen molar-refractivity contribution in [1.29, 1.82) is 0 Å². The fourth-order valence-corrected chi connectivity index (χ4v) is 2.49. The summed E-state index contributed by atoms with van der Waals surface area (Å²) >= 11 is 1.71. The first-order chi connectivity index (χ1) is 7.72. The minimum absolute atomic E-state index is 0.142. The van der Waals surface area contributed by atoms with Gasteiger partial charge in [0.15, 0.2) is 0 Å². The van der Waals surface area contributed by atoms with Gasteiger partial charge in [0.05, 0.1) is 19.3 Å². The van der Waals surface area contributed by atoms with Gasteiger partial charge < -0.3 is 10.5 Å². The normalized spacial score (nSPS) is 12.4. The number of thiophene rings is 1. The van der Waals surface area contributed by atoms with E-state index in [1.807, 2.05) is 6.07 Å². The summed E-state index contributed by atoms with van der Waals surface area (Å²) in [5, 5.41) is 0. The lowest BCUT2D eigenvalue weighted by Gasteiger charge is -2.13. The van der Waals surface area contributed by atoms with Gasteiger partial charge in [-0.25, -0.2) is 0 Å². The molecule has 0 aliphatic heterocycles. The minimum Gasteiger partial charge on any atom is -0.495 e. The molecule has 0 saturated carbocycles. The summed E-state index contributed by atoms with van der Waals surface area (Å²) in [5.74, 6) is 0.737. The van der Waals surface area contributed by atoms with Crippen LogP contribution in [0.5, 0.6) is 5.75 Å². The molecule has 0 fully saturated rings. The predicted molar refractivity (Wildman–Crippen MR) is 65.9 cm³/mol. The lowest BCUT2D eigenvalue weighted by molar-refractivity contribution is 0.406. The first kappa shape index (κ1) is 11.1. The minimum atomic E-state index is -0.142. The zero-order valence-electron chi connectivity index (χ0n) is 9.31. The average molecular weight is 234 g/mol. The van der Waals surface area contributed by atoms with E-state index >= 15 is 0 Å². The van der Waals surface area contributed by atoms with Crippen LogP contribution in [-0.4, -0.2) is 12.1 Å². The van der Waals surface area contributed by atoms with E-state index in [1.54, 1.807) is 30.8 Å². The van der Waals surface area contributed by atoms with Crippen molar-refractivity contribution in [2.45, 2.75) is 13.0 Å². The molecule has 1 atom stereocenters. The zero-order chi connectivity index (χ0) is 11.5. The molecule has 4 heteroatoms. The van der Waals surface area contributed by atoms with Crippen LogP contribution in [0.2, 0.25) is 0 Å². The second kappa shape index (κ2) is 4.63. The van der Waals surface area contributed by atoms with Gasteiger partial charge in [0, 0.05) is 21.5 Å². The molecule has 84 valence electrons. The number of methoxy groups -OCH3 is 1. The van der Waals surface area contributed by atoms with Crippen LogP contribution in [0.25, 0.3) is 0 Å². The third-order valence-corrected chi connectivity index (χ3v) is 3.52. The molecule has 0 aliphatic rings. The summed E-state index contributed by atoms with van der Waals surface area (Å²) in [6, 6.07) is 5.90. The molecule has 0 saturated heterocycles. The number of pyridine rings is 1. The van der Waals surface area contributed by atoms with E-state index in [-0.39, 0.29) is 6.04 Å². The van der Waals surface area contributed by atoms with Crippen molar-refractivity contribution in [1.82, 2.24) is 4.98 Å². The first-order valence-electron chi connectivity index (χ1n) is 5.02. The lowest BCUT2D eigenvalue weighted by Crippen LogP contribution is -2.11. The molecule has 2 aromatic heterocycles. The zero-order valence-corrected chi connectivity index (χ0v) is 10.1. The number of aromatic nitrogens is 1. The van der Waals surface area contributed by atoms with Crippen LogP contribution in [0, 0.1) is 6.92 Å². The molecule has 0 radical (unpaired) electrons. The van der Waals surface area contributed by atoms with Crippen LogP contribution in [0.3, 0.4) is 0 Å². The van der Waals surface area contributed by atoms with Gasteiger partial charge in [-0.3, -0.25) is 4.98 Å². The van der Waals surface area contributed by atoms with Crippen molar-refractivity contribution in [2.75, 3.05) is 7.11 Å². The van der Waals surface area contributed by atoms with Gasteiger partial charge in [0.1, 0.15) is 5.75 Å². The van der Waals surface area contributed by atoms with E-state index < -0.39 is 0 Å². The molecule has 0 spiro atoms. The number of aryl methyl sites for hydroxylation is 1. The van der Waals surface area contributed by atoms with E-state index in [2.05, 4.69) is 24.0 Å². The predicted octanol–water partition coefficient (Wildman–Crippen LogP) is 2.51. The van der Waals surface area contributed by atoms with Crippen molar-refractivity contribution < 1.29 is 4.74 Å². The van der Waals surface area contributed by atoms with Crippen LogP contribution >= 0.6 is 11.3 Å². The van der Waals surface area contributed by atoms with Crippen molar-refractivity contribution >= 4 is 11.3 Å². The second-order valence-corrected chi connectivity index (χ2v) is 4.86. The number of rotatable bonds is 3. The summed E-state index contributed by atoms with van der Waals surface area (Å²) in [6.07, 6.45) is 3.42. The van der Waals surface area contributed by atoms with Crippen molar-refractivity contribution in [2.24, 2.45) is 5.73 Å². The Kier molecular flexibility index (Phi) is 3.22. The molecule has 2 heterocycles. The number of nitrogens with zero attached hydrogens (tertiary/aromatic N) is 1. The van der Waals surface area contributed by atoms with Crippen molar-refractivity contribution in [3.8, 4) is 5.75 Å². The lowest BCUT2D eigenvalue weighted by atomic mass is 10.1. The standard InChI is InChI=1S/C12H14N2OS/c1-8-3-4-11(16-8)12(13)9-5-6-14-7-10(9)15-2/h3-7,12H,13H2,1-2H3. The molecule has 2 aromatic rings. The highest BCUT2D eigenvalue weighted by molar-refractivity contribution is 7.12. The van der Waals surface area contributed by atoms with Gasteiger partial charge in [-0.05, 0) is 25.1 Å². The first-order valence-corrected chi connectivity index (χ1v) is 5.84. The Hall–Kier alpha value is -1.39. The van der Waals surface area contributed by atoms with E-state index in [0.717, 1.165) is 16.2 Å². The molecular weight excluding hydrogens is 220 g/mol. The molecule has 0 bridgehead atoms. The summed E-state index contributed by atoms with van der Waals surface area (Å²) in [5.41, 5.74) is 7.18. The van der Waals surface area contributed by atoms with Crippen molar-refractivity contribution in [3.63, 3.8) is 0 Å². The molecule has 2 rings (SSSR count). The second-order valence-electron chi connectivity index (χ2n) is 3.54. The number of ether oxygens (including phenoxy) is 1. The van der Waals surface area contributed by atoms with E-state index in [1.165, 1.54) is 4.88 Å². The van der Waals surface area contributed by atoms with Gasteiger partial charge in [-0.1, -0.05) is 0 Å². The van der Waals surface area contributed by atoms with E-state index in [0.29, 0.717) is 0 Å². The molecule has 1 unspecified atom stereocenters. The van der Waals surface area contributed by atoms with E-state index in [4.69, 9.17) is 10.5 Å². The molecular formula is C12H14N2OS. The van der Waals surface area contributed by atoms with Gasteiger partial charge >= 0.3 is 0 Å². The Labute approximate surface area is 98.9 Å². The van der Waals surface area contributed by atoms with Gasteiger partial charge in [-0.2, -0.15) is 0 Å². The monoisotopic (exact) mass is 234 g/mol. The van der Waals surface area contributed by atoms with Crippen LogP contribution in [0.4, 0.5) is 0 Å². The Morgan fingerprint density at radius 2 is 2.19 bits per heavy atom. The summed E-state index contributed by atoms with van der Waals surface area (Å²) in [6.45, 7) is 2.07. The SMILES string of the molecule is COc1cnccc1C(N)c1ccc(C)s1. The quantitative estimate of drug-likeness (QED) is 0.887. The highest BCUT2D eigenvalue weighted by atomic mass is 32.1.